The number of aliphatic carboxylic acids is 1. The van der Waals surface area contributed by atoms with Gasteiger partial charge < -0.3 is 15.7 Å². The van der Waals surface area contributed by atoms with Gasteiger partial charge in [-0.3, -0.25) is 9.59 Å². The molecule has 1 rings (SSSR count). The molecule has 0 aromatic heterocycles. The molecule has 0 aromatic rings. The van der Waals surface area contributed by atoms with Crippen LogP contribution in [0, 0.1) is 5.41 Å². The monoisotopic (exact) mass is 254 g/mol. The zero-order chi connectivity index (χ0) is 14.1. The Balaban J connectivity index is 2.83. The van der Waals surface area contributed by atoms with Crippen LogP contribution < -0.4 is 10.6 Å². The lowest BCUT2D eigenvalue weighted by molar-refractivity contribution is -0.151. The van der Waals surface area contributed by atoms with Gasteiger partial charge in [0, 0.05) is 18.7 Å². The molecule has 18 heavy (non-hydrogen) atoms. The summed E-state index contributed by atoms with van der Waals surface area (Å²) < 4.78 is 0. The van der Waals surface area contributed by atoms with E-state index in [2.05, 4.69) is 10.6 Å². The number of nitrogens with one attached hydrogen (secondary N) is 2. The van der Waals surface area contributed by atoms with Crippen molar-refractivity contribution in [2.45, 2.75) is 40.2 Å². The number of hydrogen-bond donors (Lipinski definition) is 3. The number of amides is 1. The summed E-state index contributed by atoms with van der Waals surface area (Å²) in [5, 5.41) is 15.1. The van der Waals surface area contributed by atoms with E-state index in [9.17, 15) is 14.7 Å². The molecular formula is C13H22N2O3. The molecule has 0 bridgehead atoms. The SMILES string of the molecule is CC(C(=O)NC(C)(C)C(C)(C)C(=O)O)=C1CNC1. The fraction of sp³-hybridized carbons (Fsp3) is 0.692. The summed E-state index contributed by atoms with van der Waals surface area (Å²) in [6.45, 7) is 9.94. The van der Waals surface area contributed by atoms with Crippen LogP contribution in [-0.2, 0) is 9.59 Å². The Labute approximate surface area is 108 Å². The Morgan fingerprint density at radius 1 is 1.22 bits per heavy atom. The molecule has 0 spiro atoms. The van der Waals surface area contributed by atoms with Crippen LogP contribution in [-0.4, -0.2) is 35.6 Å². The Kier molecular flexibility index (Phi) is 3.86. The molecule has 0 atom stereocenters. The Morgan fingerprint density at radius 3 is 2.06 bits per heavy atom. The Hall–Kier alpha value is -1.36. The van der Waals surface area contributed by atoms with E-state index in [4.69, 9.17) is 0 Å². The first-order chi connectivity index (χ1) is 8.09. The molecule has 5 nitrogen and oxygen atoms in total. The highest BCUT2D eigenvalue weighted by molar-refractivity contribution is 5.95. The first-order valence-corrected chi connectivity index (χ1v) is 6.05. The molecule has 1 aliphatic rings. The number of hydrogen-bond acceptors (Lipinski definition) is 3. The fourth-order valence-corrected chi connectivity index (χ4v) is 1.48. The molecule has 5 heteroatoms. The Morgan fingerprint density at radius 2 is 1.72 bits per heavy atom. The summed E-state index contributed by atoms with van der Waals surface area (Å²) in [4.78, 5) is 23.3. The zero-order valence-electron chi connectivity index (χ0n) is 11.7. The summed E-state index contributed by atoms with van der Waals surface area (Å²) in [6, 6.07) is 0. The topological polar surface area (TPSA) is 78.4 Å². The van der Waals surface area contributed by atoms with Crippen molar-refractivity contribution in [1.29, 1.82) is 0 Å². The van der Waals surface area contributed by atoms with E-state index in [-0.39, 0.29) is 5.91 Å². The minimum absolute atomic E-state index is 0.189. The molecular weight excluding hydrogens is 232 g/mol. The van der Waals surface area contributed by atoms with Gasteiger partial charge in [-0.2, -0.15) is 0 Å². The summed E-state index contributed by atoms with van der Waals surface area (Å²) >= 11 is 0. The van der Waals surface area contributed by atoms with Crippen LogP contribution in [0.2, 0.25) is 0 Å². The smallest absolute Gasteiger partial charge is 0.311 e. The minimum Gasteiger partial charge on any atom is -0.481 e. The van der Waals surface area contributed by atoms with E-state index < -0.39 is 16.9 Å². The van der Waals surface area contributed by atoms with E-state index in [1.165, 1.54) is 0 Å². The van der Waals surface area contributed by atoms with E-state index in [1.807, 2.05) is 0 Å². The van der Waals surface area contributed by atoms with Crippen molar-refractivity contribution >= 4 is 11.9 Å². The van der Waals surface area contributed by atoms with Crippen LogP contribution in [0.15, 0.2) is 11.1 Å². The number of rotatable bonds is 4. The standard InChI is InChI=1S/C13H22N2O3/c1-8(9-6-14-7-9)10(16)15-13(4,5)12(2,3)11(17)18/h14H,6-7H2,1-5H3,(H,15,16)(H,17,18). The largest absolute Gasteiger partial charge is 0.481 e. The first-order valence-electron chi connectivity index (χ1n) is 6.05. The first kappa shape index (κ1) is 14.7. The molecule has 102 valence electrons. The van der Waals surface area contributed by atoms with Crippen LogP contribution in [0.5, 0.6) is 0 Å². The predicted octanol–water partition coefficient (Wildman–Crippen LogP) is 0.912. The number of carboxylic acids is 1. The van der Waals surface area contributed by atoms with Crippen LogP contribution in [0.4, 0.5) is 0 Å². The second kappa shape index (κ2) is 4.72. The third-order valence-corrected chi connectivity index (χ3v) is 4.07. The zero-order valence-corrected chi connectivity index (χ0v) is 11.7. The molecule has 0 aromatic carbocycles. The highest BCUT2D eigenvalue weighted by atomic mass is 16.4. The van der Waals surface area contributed by atoms with Gasteiger partial charge in [-0.15, -0.1) is 0 Å². The van der Waals surface area contributed by atoms with Crippen molar-refractivity contribution in [1.82, 2.24) is 10.6 Å². The molecule has 0 radical (unpaired) electrons. The summed E-state index contributed by atoms with van der Waals surface area (Å²) in [7, 11) is 0. The molecule has 1 amide bonds. The molecule has 1 heterocycles. The molecule has 3 N–H and O–H groups in total. The number of carbonyl (C=O) groups is 2. The minimum atomic E-state index is -1.04. The molecule has 1 aliphatic heterocycles. The lowest BCUT2D eigenvalue weighted by Gasteiger charge is -2.39. The van der Waals surface area contributed by atoms with E-state index in [0.29, 0.717) is 5.57 Å². The third kappa shape index (κ3) is 2.56. The van der Waals surface area contributed by atoms with E-state index in [1.54, 1.807) is 34.6 Å². The quantitative estimate of drug-likeness (QED) is 0.652. The lowest BCUT2D eigenvalue weighted by atomic mass is 9.74. The number of carboxylic acid groups (broad SMARTS) is 1. The van der Waals surface area contributed by atoms with Crippen molar-refractivity contribution in [3.63, 3.8) is 0 Å². The second-order valence-electron chi connectivity index (χ2n) is 5.84. The highest BCUT2D eigenvalue weighted by Crippen LogP contribution is 2.31. The van der Waals surface area contributed by atoms with Crippen molar-refractivity contribution < 1.29 is 14.7 Å². The van der Waals surface area contributed by atoms with Crippen molar-refractivity contribution in [3.8, 4) is 0 Å². The van der Waals surface area contributed by atoms with Crippen LogP contribution >= 0.6 is 0 Å². The van der Waals surface area contributed by atoms with Gasteiger partial charge in [0.2, 0.25) is 5.91 Å². The van der Waals surface area contributed by atoms with E-state index >= 15 is 0 Å². The van der Waals surface area contributed by atoms with Crippen LogP contribution in [0.3, 0.4) is 0 Å². The van der Waals surface area contributed by atoms with Gasteiger partial charge in [0.15, 0.2) is 0 Å². The average molecular weight is 254 g/mol. The van der Waals surface area contributed by atoms with Gasteiger partial charge in [0.1, 0.15) is 0 Å². The van der Waals surface area contributed by atoms with Crippen LogP contribution in [0.1, 0.15) is 34.6 Å². The fourth-order valence-electron chi connectivity index (χ4n) is 1.48. The molecule has 0 aliphatic carbocycles. The number of carbonyl (C=O) groups excluding carboxylic acids is 1. The van der Waals surface area contributed by atoms with Gasteiger partial charge in [-0.05, 0) is 40.2 Å². The Bertz CT molecular complexity index is 402. The normalized spacial score (nSPS) is 15.9. The lowest BCUT2D eigenvalue weighted by Crippen LogP contribution is -2.57. The average Bonchev–Trinajstić information content (AvgIpc) is 2.13. The summed E-state index contributed by atoms with van der Waals surface area (Å²) in [6.07, 6.45) is 0. The third-order valence-electron chi connectivity index (χ3n) is 4.07. The molecule has 1 saturated heterocycles. The summed E-state index contributed by atoms with van der Waals surface area (Å²) in [5.74, 6) is -1.12. The van der Waals surface area contributed by atoms with Gasteiger partial charge >= 0.3 is 5.97 Å². The predicted molar refractivity (Wildman–Crippen MR) is 69.2 cm³/mol. The van der Waals surface area contributed by atoms with E-state index in [0.717, 1.165) is 18.7 Å². The van der Waals surface area contributed by atoms with Crippen molar-refractivity contribution in [2.24, 2.45) is 5.41 Å². The van der Waals surface area contributed by atoms with Crippen molar-refractivity contribution in [3.05, 3.63) is 11.1 Å². The summed E-state index contributed by atoms with van der Waals surface area (Å²) in [5.41, 5.74) is -0.0974. The molecule has 1 fully saturated rings. The van der Waals surface area contributed by atoms with Gasteiger partial charge in [-0.25, -0.2) is 0 Å². The molecule has 0 saturated carbocycles. The highest BCUT2D eigenvalue weighted by Gasteiger charge is 2.44. The maximum Gasteiger partial charge on any atom is 0.311 e. The maximum absolute atomic E-state index is 12.1. The maximum atomic E-state index is 12.1. The van der Waals surface area contributed by atoms with Gasteiger partial charge in [-0.1, -0.05) is 0 Å². The van der Waals surface area contributed by atoms with Crippen LogP contribution in [0.25, 0.3) is 0 Å². The molecule has 0 unspecified atom stereocenters. The second-order valence-corrected chi connectivity index (χ2v) is 5.84. The van der Waals surface area contributed by atoms with Gasteiger partial charge in [0.25, 0.3) is 0 Å². The van der Waals surface area contributed by atoms with Crippen molar-refractivity contribution in [2.75, 3.05) is 13.1 Å². The van der Waals surface area contributed by atoms with Gasteiger partial charge in [0.05, 0.1) is 11.0 Å².